The van der Waals surface area contributed by atoms with Crippen LogP contribution < -0.4 is 4.74 Å². The lowest BCUT2D eigenvalue weighted by molar-refractivity contribution is 0.0402. The number of aromatic nitrogens is 3. The van der Waals surface area contributed by atoms with Gasteiger partial charge < -0.3 is 9.47 Å². The Morgan fingerprint density at radius 1 is 0.567 bits per heavy atom. The molecule has 11 rings (SSSR count). The lowest BCUT2D eigenvalue weighted by atomic mass is 9.96. The molecule has 0 radical (unpaired) electrons. The number of methoxy groups -OCH3 is 1. The van der Waals surface area contributed by atoms with Crippen LogP contribution >= 0.6 is 11.6 Å². The zero-order valence-corrected chi connectivity index (χ0v) is 57.9. The molecule has 492 valence electrons. The number of hydrogen-bond donors (Lipinski definition) is 0. The van der Waals surface area contributed by atoms with Crippen LogP contribution in [-0.2, 0) is 18.0 Å². The first-order chi connectivity index (χ1) is 47.2. The highest BCUT2D eigenvalue weighted by atomic mass is 35.5. The van der Waals surface area contributed by atoms with Gasteiger partial charge >= 0.3 is 29.4 Å². The molecule has 97 heavy (non-hydrogen) atoms. The normalized spacial score (nSPS) is 11.5. The first-order valence-corrected chi connectivity index (χ1v) is 32.1. The van der Waals surface area contributed by atoms with Gasteiger partial charge in [0.05, 0.1) is 32.4 Å². The Kier molecular flexibility index (Phi) is 43.5. The second kappa shape index (κ2) is 51.8. The maximum Gasteiger partial charge on any atom is 0.361 e. The molecule has 17 heteroatoms. The molecule has 1 aliphatic heterocycles. The molecule has 0 bridgehead atoms. The topological polar surface area (TPSA) is 96.0 Å². The van der Waals surface area contributed by atoms with Crippen molar-refractivity contribution in [3.05, 3.63) is 269 Å². The van der Waals surface area contributed by atoms with Gasteiger partial charge in [-0.25, -0.2) is 0 Å². The summed E-state index contributed by atoms with van der Waals surface area (Å²) in [6.45, 7) is 67.8. The third kappa shape index (κ3) is 34.2. The summed E-state index contributed by atoms with van der Waals surface area (Å²) in [5.74, 6) is 0.812. The number of morpholine rings is 1. The van der Waals surface area contributed by atoms with Crippen LogP contribution in [0.2, 0.25) is 5.02 Å². The van der Waals surface area contributed by atoms with E-state index in [4.69, 9.17) is 86.8 Å². The van der Waals surface area contributed by atoms with Crippen molar-refractivity contribution in [2.75, 3.05) is 53.0 Å². The molecule has 1 saturated carbocycles. The number of para-hydroxylation sites is 3. The van der Waals surface area contributed by atoms with E-state index in [1.807, 2.05) is 191 Å². The lowest BCUT2D eigenvalue weighted by Gasteiger charge is -2.23. The van der Waals surface area contributed by atoms with Gasteiger partial charge in [0.1, 0.15) is 16.3 Å². The van der Waals surface area contributed by atoms with E-state index in [9.17, 15) is 0 Å². The molecule has 8 aromatic carbocycles. The van der Waals surface area contributed by atoms with Gasteiger partial charge in [0, 0.05) is 91.4 Å². The number of rotatable bonds is 8. The fourth-order valence-electron chi connectivity index (χ4n) is 8.83. The first kappa shape index (κ1) is 81.4. The van der Waals surface area contributed by atoms with Crippen LogP contribution in [0.5, 0.6) is 5.75 Å². The van der Waals surface area contributed by atoms with E-state index in [0.717, 1.165) is 114 Å². The Hall–Kier alpha value is -11.7. The quantitative estimate of drug-likeness (QED) is 0.141. The molecule has 1 saturated heterocycles. The SMILES string of the molecule is C#[N+]C1CCCCC1.C#[N+]CCCC.C#[N+]CCN1CCOCC1.C#[N+]Cc1ccccc1.C#[N+]Cn1nnc2ccccc21.C#[N+][C@@H](C)c1ccccc1.C#[N+]c1c(C)cccc1C.C#[N+]c1c(C)cccc1Cl.C#[N+]c1ccc(OC)cc1.C#[N+]c1ccc2ccccc2c1. The number of fused-ring (bicyclic) bond motifs is 2. The summed E-state index contributed by atoms with van der Waals surface area (Å²) in [5.41, 5.74) is 10.5. The van der Waals surface area contributed by atoms with Gasteiger partial charge in [-0.05, 0) is 107 Å². The van der Waals surface area contributed by atoms with Gasteiger partial charge in [0.15, 0.2) is 0 Å². The molecule has 0 spiro atoms. The van der Waals surface area contributed by atoms with Crippen LogP contribution in [0.4, 0.5) is 22.7 Å². The number of hydrogen-bond acceptors (Lipinski definition) is 5. The lowest BCUT2D eigenvalue weighted by Crippen LogP contribution is -2.37. The second-order valence-corrected chi connectivity index (χ2v) is 21.8. The molecule has 9 aromatic rings. The zero-order chi connectivity index (χ0) is 71.1. The molecular formula is C80H93ClN14O2+10. The minimum Gasteiger partial charge on any atom is -0.497 e. The molecule has 1 aliphatic carbocycles. The number of nitrogens with zero attached hydrogens (tertiary/aromatic N) is 14. The zero-order valence-electron chi connectivity index (χ0n) is 57.1. The summed E-state index contributed by atoms with van der Waals surface area (Å²) in [6, 6.07) is 60.9. The predicted octanol–water partition coefficient (Wildman–Crippen LogP) is 22.4. The molecule has 16 nitrogen and oxygen atoms in total. The molecule has 0 unspecified atom stereocenters. The highest BCUT2D eigenvalue weighted by molar-refractivity contribution is 6.33. The van der Waals surface area contributed by atoms with E-state index in [2.05, 4.69) is 76.7 Å². The molecule has 0 amide bonds. The number of ether oxygens (including phenoxy) is 2. The molecule has 1 aromatic heterocycles. The van der Waals surface area contributed by atoms with Crippen LogP contribution in [0, 0.1) is 86.5 Å². The highest BCUT2D eigenvalue weighted by Crippen LogP contribution is 2.28. The standard InChI is InChI=1S/C11H8N.2C9H10N.C8H7ClN.C8H7N4.C8H8NO.C8H8N.C7H13N2O.C7H12N.C5H10N/c1-12-11-7-6-9-4-2-3-5-10(9)8-11;1-7-5-4-6-8(2)9(7)10-3;1-8(10-2)9-6-4-3-5-7-9;1-6-4-3-5-7(9)8(6)10-2;1-9-6-12-8-5-3-2-4-7(8)10-11-12;1-9-7-3-5-8(10-2)6-4-7;1-9-7-8-5-3-2-4-6-8;1-8-2-3-9-4-6-10-7-5-9;1-8-7-5-3-2-4-6-7;1-3-4-5-6-2/h1-8H;3-6H,1-2H3;2-8H,1H3;2-5H,1H3;1-5H,6H2;1,3-6H,2H3;1-6H,7H2;1H,2-7H2;1,7H,2-6H2;2H,3-5H2,1H3/q10*+1/t;;8-;;;;;;;/m..0......./s1. The smallest absolute Gasteiger partial charge is 0.361 e. The maximum absolute atomic E-state index is 5.76. The van der Waals surface area contributed by atoms with Gasteiger partial charge in [0.2, 0.25) is 0 Å². The summed E-state index contributed by atoms with van der Waals surface area (Å²) in [6.07, 6.45) is 8.77. The van der Waals surface area contributed by atoms with Crippen molar-refractivity contribution in [1.29, 1.82) is 0 Å². The van der Waals surface area contributed by atoms with Crippen LogP contribution in [-0.4, -0.2) is 79.0 Å². The highest BCUT2D eigenvalue weighted by Gasteiger charge is 2.19. The van der Waals surface area contributed by atoms with Gasteiger partial charge in [0.25, 0.3) is 97.4 Å². The molecular weight excluding hydrogens is 1220 g/mol. The van der Waals surface area contributed by atoms with Gasteiger partial charge in [-0.15, -0.1) is 5.10 Å². The maximum atomic E-state index is 5.76. The van der Waals surface area contributed by atoms with Gasteiger partial charge in [-0.1, -0.05) is 187 Å². The largest absolute Gasteiger partial charge is 0.497 e. The number of benzene rings is 8. The minimum atomic E-state index is 0.112. The monoisotopic (exact) mass is 1320 g/mol. The Balaban J connectivity index is 0.000000368. The Morgan fingerprint density at radius 2 is 1.12 bits per heavy atom. The minimum absolute atomic E-state index is 0.112. The van der Waals surface area contributed by atoms with E-state index >= 15 is 0 Å². The number of halogens is 1. The van der Waals surface area contributed by atoms with Gasteiger partial charge in [-0.2, -0.15) is 4.68 Å². The Bertz CT molecular complexity index is 4050. The average molecular weight is 1320 g/mol. The predicted molar refractivity (Wildman–Crippen MR) is 412 cm³/mol. The third-order valence-corrected chi connectivity index (χ3v) is 14.6. The molecule has 1 atom stereocenters. The van der Waals surface area contributed by atoms with E-state index in [1.54, 1.807) is 30.0 Å². The molecule has 2 fully saturated rings. The fourth-order valence-corrected chi connectivity index (χ4v) is 9.10. The van der Waals surface area contributed by atoms with Crippen LogP contribution in [0.3, 0.4) is 0 Å². The van der Waals surface area contributed by atoms with Crippen molar-refractivity contribution in [2.45, 2.75) is 105 Å². The Labute approximate surface area is 581 Å². The van der Waals surface area contributed by atoms with Crippen LogP contribution in [0.25, 0.3) is 70.3 Å². The van der Waals surface area contributed by atoms with Crippen molar-refractivity contribution in [3.63, 3.8) is 0 Å². The Morgan fingerprint density at radius 3 is 1.62 bits per heavy atom. The fraction of sp³-hybridized carbons (Fsp3) is 0.300. The molecule has 2 aliphatic rings. The first-order valence-electron chi connectivity index (χ1n) is 31.8. The van der Waals surface area contributed by atoms with E-state index in [-0.39, 0.29) is 6.04 Å². The van der Waals surface area contributed by atoms with Crippen LogP contribution in [0.1, 0.15) is 92.7 Å². The summed E-state index contributed by atoms with van der Waals surface area (Å²) in [5, 5.41) is 10.8. The third-order valence-electron chi connectivity index (χ3n) is 14.3. The van der Waals surface area contributed by atoms with E-state index in [1.165, 1.54) is 49.3 Å². The summed E-state index contributed by atoms with van der Waals surface area (Å²) in [7, 11) is 1.62. The van der Waals surface area contributed by atoms with E-state index < -0.39 is 0 Å². The number of unbranched alkanes of at least 4 members (excludes halogenated alkanes) is 1. The molecule has 2 heterocycles. The average Bonchev–Trinajstić information content (AvgIpc) is 1.84. The van der Waals surface area contributed by atoms with Crippen LogP contribution in [0.15, 0.2) is 188 Å². The van der Waals surface area contributed by atoms with Gasteiger partial charge in [-0.3, -0.25) is 4.90 Å². The summed E-state index contributed by atoms with van der Waals surface area (Å²) < 4.78 is 11.8. The van der Waals surface area contributed by atoms with Crippen molar-refractivity contribution >= 4 is 56.2 Å². The van der Waals surface area contributed by atoms with E-state index in [0.29, 0.717) is 30.0 Å². The summed E-state index contributed by atoms with van der Waals surface area (Å²) >= 11 is 5.76. The number of aryl methyl sites for hydroxylation is 3. The van der Waals surface area contributed by atoms with Crippen molar-refractivity contribution in [2.24, 2.45) is 0 Å². The molecule has 0 N–H and O–H groups in total. The second-order valence-electron chi connectivity index (χ2n) is 21.4. The van der Waals surface area contributed by atoms with Crippen molar-refractivity contribution in [3.8, 4) is 71.5 Å². The van der Waals surface area contributed by atoms with Crippen molar-refractivity contribution < 1.29 is 9.47 Å². The summed E-state index contributed by atoms with van der Waals surface area (Å²) in [4.78, 5) is 38.0. The van der Waals surface area contributed by atoms with Crippen molar-refractivity contribution in [1.82, 2.24) is 19.9 Å².